The summed E-state index contributed by atoms with van der Waals surface area (Å²) in [5.41, 5.74) is 0.632. The molecular formula is C16H23F2N3O2. The van der Waals surface area contributed by atoms with Crippen LogP contribution in [0.2, 0.25) is 0 Å². The molecule has 3 unspecified atom stereocenters. The third kappa shape index (κ3) is 4.17. The van der Waals surface area contributed by atoms with Crippen molar-refractivity contribution in [1.82, 2.24) is 15.1 Å². The molecule has 5 nitrogen and oxygen atoms in total. The van der Waals surface area contributed by atoms with Gasteiger partial charge in [-0.15, -0.1) is 0 Å². The van der Waals surface area contributed by atoms with E-state index >= 15 is 0 Å². The highest BCUT2D eigenvalue weighted by atomic mass is 19.2. The standard InChI is InChI=1S/C16H23F2N3O2/c1-10(22)9-21(3)16(23)19-14-6-7-20(2)15(14)11-4-5-12(17)13(18)8-11/h4-5,8,10,14-15,22H,6-7,9H2,1-3H3,(H,19,23). The fraction of sp³-hybridized carbons (Fsp3) is 0.562. The number of carbonyl (C=O) groups excluding carboxylic acids is 1. The average Bonchev–Trinajstić information content (AvgIpc) is 2.82. The third-order valence-corrected chi connectivity index (χ3v) is 4.13. The summed E-state index contributed by atoms with van der Waals surface area (Å²) in [5.74, 6) is -1.77. The number of rotatable bonds is 4. The highest BCUT2D eigenvalue weighted by Gasteiger charge is 2.35. The van der Waals surface area contributed by atoms with E-state index in [4.69, 9.17) is 0 Å². The molecule has 2 rings (SSSR count). The van der Waals surface area contributed by atoms with Crippen LogP contribution in [0.25, 0.3) is 0 Å². The van der Waals surface area contributed by atoms with Crippen molar-refractivity contribution in [3.05, 3.63) is 35.4 Å². The monoisotopic (exact) mass is 327 g/mol. The van der Waals surface area contributed by atoms with E-state index in [0.717, 1.165) is 12.6 Å². The van der Waals surface area contributed by atoms with Gasteiger partial charge in [-0.05, 0) is 38.1 Å². The largest absolute Gasteiger partial charge is 0.392 e. The van der Waals surface area contributed by atoms with Gasteiger partial charge >= 0.3 is 6.03 Å². The highest BCUT2D eigenvalue weighted by Crippen LogP contribution is 2.31. The lowest BCUT2D eigenvalue weighted by Crippen LogP contribution is -2.46. The van der Waals surface area contributed by atoms with E-state index in [-0.39, 0.29) is 24.7 Å². The molecule has 0 bridgehead atoms. The van der Waals surface area contributed by atoms with Crippen LogP contribution < -0.4 is 5.32 Å². The van der Waals surface area contributed by atoms with Crippen LogP contribution in [0.15, 0.2) is 18.2 Å². The van der Waals surface area contributed by atoms with Gasteiger partial charge in [0.15, 0.2) is 11.6 Å². The number of nitrogens with zero attached hydrogens (tertiary/aromatic N) is 2. The number of aliphatic hydroxyl groups excluding tert-OH is 1. The summed E-state index contributed by atoms with van der Waals surface area (Å²) >= 11 is 0. The van der Waals surface area contributed by atoms with Crippen molar-refractivity contribution in [2.75, 3.05) is 27.2 Å². The van der Waals surface area contributed by atoms with E-state index in [1.807, 2.05) is 11.9 Å². The number of hydrogen-bond donors (Lipinski definition) is 2. The van der Waals surface area contributed by atoms with Crippen molar-refractivity contribution in [3.8, 4) is 0 Å². The summed E-state index contributed by atoms with van der Waals surface area (Å²) in [6.45, 7) is 2.58. The molecule has 128 valence electrons. The Balaban J connectivity index is 2.11. The molecule has 2 N–H and O–H groups in total. The Morgan fingerprint density at radius 2 is 2.17 bits per heavy atom. The molecule has 23 heavy (non-hydrogen) atoms. The topological polar surface area (TPSA) is 55.8 Å². The van der Waals surface area contributed by atoms with Crippen LogP contribution in [0.4, 0.5) is 13.6 Å². The first-order chi connectivity index (χ1) is 10.8. The Kier molecular flexibility index (Phi) is 5.54. The number of likely N-dealkylation sites (N-methyl/N-ethyl adjacent to an activating group) is 2. The van der Waals surface area contributed by atoms with Gasteiger partial charge in [0.2, 0.25) is 0 Å². The molecule has 0 spiro atoms. The second kappa shape index (κ2) is 7.23. The molecule has 1 aliphatic heterocycles. The number of urea groups is 1. The zero-order valence-electron chi connectivity index (χ0n) is 13.6. The molecule has 0 radical (unpaired) electrons. The Morgan fingerprint density at radius 3 is 2.78 bits per heavy atom. The molecule has 7 heteroatoms. The van der Waals surface area contributed by atoms with Gasteiger partial charge in [-0.3, -0.25) is 4.90 Å². The SMILES string of the molecule is CC(O)CN(C)C(=O)NC1CCN(C)C1c1ccc(F)c(F)c1. The Hall–Kier alpha value is -1.73. The second-order valence-corrected chi connectivity index (χ2v) is 6.17. The van der Waals surface area contributed by atoms with Gasteiger partial charge in [0.1, 0.15) is 0 Å². The fourth-order valence-electron chi connectivity index (χ4n) is 3.03. The Morgan fingerprint density at radius 1 is 1.48 bits per heavy atom. The van der Waals surface area contributed by atoms with Crippen molar-refractivity contribution in [3.63, 3.8) is 0 Å². The molecule has 0 saturated carbocycles. The van der Waals surface area contributed by atoms with Gasteiger partial charge in [0.25, 0.3) is 0 Å². The van der Waals surface area contributed by atoms with Crippen LogP contribution in [-0.2, 0) is 0 Å². The molecule has 1 heterocycles. The maximum atomic E-state index is 13.5. The maximum Gasteiger partial charge on any atom is 0.317 e. The van der Waals surface area contributed by atoms with Crippen molar-refractivity contribution in [2.45, 2.75) is 31.5 Å². The highest BCUT2D eigenvalue weighted by molar-refractivity contribution is 5.74. The number of benzene rings is 1. The molecule has 0 aromatic heterocycles. The summed E-state index contributed by atoms with van der Waals surface area (Å²) in [6.07, 6.45) is 0.105. The van der Waals surface area contributed by atoms with E-state index in [9.17, 15) is 18.7 Å². The molecule has 1 aromatic carbocycles. The van der Waals surface area contributed by atoms with Crippen molar-refractivity contribution in [2.24, 2.45) is 0 Å². The lowest BCUT2D eigenvalue weighted by molar-refractivity contribution is 0.141. The summed E-state index contributed by atoms with van der Waals surface area (Å²) in [6, 6.07) is 3.13. The van der Waals surface area contributed by atoms with Gasteiger partial charge in [-0.25, -0.2) is 13.6 Å². The van der Waals surface area contributed by atoms with Gasteiger partial charge in [-0.2, -0.15) is 0 Å². The second-order valence-electron chi connectivity index (χ2n) is 6.17. The first kappa shape index (κ1) is 17.6. The van der Waals surface area contributed by atoms with Crippen LogP contribution in [-0.4, -0.2) is 60.3 Å². The quantitative estimate of drug-likeness (QED) is 0.886. The normalized spacial score (nSPS) is 22.9. The number of likely N-dealkylation sites (tertiary alicyclic amines) is 1. The van der Waals surface area contributed by atoms with Crippen molar-refractivity contribution in [1.29, 1.82) is 0 Å². The van der Waals surface area contributed by atoms with Crippen LogP contribution in [0.1, 0.15) is 24.9 Å². The minimum absolute atomic E-state index is 0.200. The predicted molar refractivity (Wildman–Crippen MR) is 83.0 cm³/mol. The number of aliphatic hydroxyl groups is 1. The Labute approximate surface area is 134 Å². The van der Waals surface area contributed by atoms with E-state index in [1.165, 1.54) is 11.0 Å². The molecule has 1 aliphatic rings. The molecule has 1 fully saturated rings. The first-order valence-corrected chi connectivity index (χ1v) is 7.64. The Bertz CT molecular complexity index is 568. The van der Waals surface area contributed by atoms with Crippen LogP contribution in [0, 0.1) is 11.6 Å². The molecule has 0 aliphatic carbocycles. The van der Waals surface area contributed by atoms with E-state index < -0.39 is 17.7 Å². The first-order valence-electron chi connectivity index (χ1n) is 7.64. The van der Waals surface area contributed by atoms with Crippen LogP contribution >= 0.6 is 0 Å². The smallest absolute Gasteiger partial charge is 0.317 e. The predicted octanol–water partition coefficient (Wildman–Crippen LogP) is 1.73. The molecule has 2 amide bonds. The lowest BCUT2D eigenvalue weighted by Gasteiger charge is -2.28. The summed E-state index contributed by atoms with van der Waals surface area (Å²) in [7, 11) is 3.49. The third-order valence-electron chi connectivity index (χ3n) is 4.13. The number of amides is 2. The average molecular weight is 327 g/mol. The van der Waals surface area contributed by atoms with Gasteiger partial charge in [0, 0.05) is 20.1 Å². The zero-order valence-corrected chi connectivity index (χ0v) is 13.6. The van der Waals surface area contributed by atoms with Crippen LogP contribution in [0.3, 0.4) is 0 Å². The van der Waals surface area contributed by atoms with E-state index in [0.29, 0.717) is 12.0 Å². The number of hydrogen-bond acceptors (Lipinski definition) is 3. The van der Waals surface area contributed by atoms with E-state index in [2.05, 4.69) is 5.32 Å². The summed E-state index contributed by atoms with van der Waals surface area (Å²) in [5, 5.41) is 12.3. The molecule has 1 aromatic rings. The van der Waals surface area contributed by atoms with Crippen LogP contribution in [0.5, 0.6) is 0 Å². The fourth-order valence-corrected chi connectivity index (χ4v) is 3.03. The van der Waals surface area contributed by atoms with Crippen molar-refractivity contribution < 1.29 is 18.7 Å². The maximum absolute atomic E-state index is 13.5. The van der Waals surface area contributed by atoms with Gasteiger partial charge < -0.3 is 15.3 Å². The molecule has 1 saturated heterocycles. The number of halogens is 2. The zero-order chi connectivity index (χ0) is 17.1. The minimum Gasteiger partial charge on any atom is -0.392 e. The van der Waals surface area contributed by atoms with Crippen molar-refractivity contribution >= 4 is 6.03 Å². The molecular weight excluding hydrogens is 304 g/mol. The number of nitrogens with one attached hydrogen (secondary N) is 1. The van der Waals surface area contributed by atoms with Gasteiger partial charge in [-0.1, -0.05) is 6.07 Å². The summed E-state index contributed by atoms with van der Waals surface area (Å²) in [4.78, 5) is 15.6. The molecule has 3 atom stereocenters. The minimum atomic E-state index is -0.890. The van der Waals surface area contributed by atoms with Gasteiger partial charge in [0.05, 0.1) is 18.2 Å². The number of carbonyl (C=O) groups is 1. The lowest BCUT2D eigenvalue weighted by atomic mass is 10.00. The summed E-state index contributed by atoms with van der Waals surface area (Å²) < 4.78 is 26.6. The van der Waals surface area contributed by atoms with E-state index in [1.54, 1.807) is 20.0 Å².